The van der Waals surface area contributed by atoms with Gasteiger partial charge >= 0.3 is 0 Å². The quantitative estimate of drug-likeness (QED) is 0.852. The van der Waals surface area contributed by atoms with Crippen molar-refractivity contribution in [2.24, 2.45) is 5.92 Å². The van der Waals surface area contributed by atoms with E-state index >= 15 is 0 Å². The zero-order chi connectivity index (χ0) is 12.1. The Bertz CT molecular complexity index is 341. The van der Waals surface area contributed by atoms with E-state index in [0.717, 1.165) is 22.9 Å². The van der Waals surface area contributed by atoms with Crippen molar-refractivity contribution in [3.05, 3.63) is 34.1 Å². The molecule has 2 unspecified atom stereocenters. The highest BCUT2D eigenvalue weighted by Gasteiger charge is 2.19. The van der Waals surface area contributed by atoms with Crippen LogP contribution in [0.25, 0.3) is 0 Å². The smallest absolute Gasteiger partial charge is 0.123 e. The van der Waals surface area contributed by atoms with Crippen LogP contribution in [0.2, 0.25) is 0 Å². The van der Waals surface area contributed by atoms with Crippen molar-refractivity contribution >= 4 is 15.9 Å². The summed E-state index contributed by atoms with van der Waals surface area (Å²) in [7, 11) is 1.92. The summed E-state index contributed by atoms with van der Waals surface area (Å²) in [6.45, 7) is 4.37. The number of benzene rings is 1. The molecule has 2 atom stereocenters. The summed E-state index contributed by atoms with van der Waals surface area (Å²) in [6, 6.07) is 5.06. The highest BCUT2D eigenvalue weighted by Crippen LogP contribution is 2.31. The molecule has 0 spiro atoms. The second kappa shape index (κ2) is 6.36. The van der Waals surface area contributed by atoms with Gasteiger partial charge in [0.15, 0.2) is 0 Å². The van der Waals surface area contributed by atoms with E-state index in [4.69, 9.17) is 0 Å². The molecule has 1 rings (SSSR count). The number of rotatable bonds is 5. The van der Waals surface area contributed by atoms with Crippen LogP contribution in [0.5, 0.6) is 0 Å². The SMILES string of the molecule is CCCC(C)C(NC)c1cc(F)ccc1Br. The first-order valence-electron chi connectivity index (χ1n) is 5.72. The van der Waals surface area contributed by atoms with Crippen molar-refractivity contribution in [1.82, 2.24) is 5.32 Å². The van der Waals surface area contributed by atoms with Crippen molar-refractivity contribution in [1.29, 1.82) is 0 Å². The van der Waals surface area contributed by atoms with Crippen LogP contribution in [-0.4, -0.2) is 7.05 Å². The molecule has 1 nitrogen and oxygen atoms in total. The van der Waals surface area contributed by atoms with Crippen LogP contribution in [0.15, 0.2) is 22.7 Å². The summed E-state index contributed by atoms with van der Waals surface area (Å²) < 4.78 is 14.2. The molecule has 0 heterocycles. The van der Waals surface area contributed by atoms with Crippen LogP contribution >= 0.6 is 15.9 Å². The van der Waals surface area contributed by atoms with Crippen LogP contribution in [0.4, 0.5) is 4.39 Å². The summed E-state index contributed by atoms with van der Waals surface area (Å²) in [5.74, 6) is 0.315. The fourth-order valence-electron chi connectivity index (χ4n) is 2.12. The summed E-state index contributed by atoms with van der Waals surface area (Å²) in [6.07, 6.45) is 2.28. The monoisotopic (exact) mass is 287 g/mol. The average molecular weight is 288 g/mol. The summed E-state index contributed by atoms with van der Waals surface area (Å²) in [5.41, 5.74) is 1.00. The van der Waals surface area contributed by atoms with Crippen molar-refractivity contribution in [3.8, 4) is 0 Å². The van der Waals surface area contributed by atoms with Gasteiger partial charge in [0.2, 0.25) is 0 Å². The topological polar surface area (TPSA) is 12.0 Å². The van der Waals surface area contributed by atoms with E-state index in [1.807, 2.05) is 7.05 Å². The molecular formula is C13H19BrFN. The molecule has 90 valence electrons. The summed E-state index contributed by atoms with van der Waals surface area (Å²) in [5, 5.41) is 3.27. The van der Waals surface area contributed by atoms with Gasteiger partial charge in [-0.05, 0) is 43.1 Å². The average Bonchev–Trinajstić information content (AvgIpc) is 2.24. The Kier molecular flexibility index (Phi) is 5.42. The Morgan fingerprint density at radius 3 is 2.69 bits per heavy atom. The molecule has 1 N–H and O–H groups in total. The second-order valence-corrected chi connectivity index (χ2v) is 5.05. The molecule has 0 radical (unpaired) electrons. The highest BCUT2D eigenvalue weighted by molar-refractivity contribution is 9.10. The van der Waals surface area contributed by atoms with E-state index in [1.54, 1.807) is 12.1 Å². The van der Waals surface area contributed by atoms with Gasteiger partial charge in [0, 0.05) is 10.5 Å². The Labute approximate surface area is 106 Å². The van der Waals surface area contributed by atoms with Crippen LogP contribution in [0, 0.1) is 11.7 Å². The zero-order valence-electron chi connectivity index (χ0n) is 10.1. The summed E-state index contributed by atoms with van der Waals surface area (Å²) in [4.78, 5) is 0. The van der Waals surface area contributed by atoms with Crippen LogP contribution in [-0.2, 0) is 0 Å². The fraction of sp³-hybridized carbons (Fsp3) is 0.538. The zero-order valence-corrected chi connectivity index (χ0v) is 11.6. The van der Waals surface area contributed by atoms with Crippen molar-refractivity contribution in [3.63, 3.8) is 0 Å². The van der Waals surface area contributed by atoms with E-state index in [9.17, 15) is 4.39 Å². The lowest BCUT2D eigenvalue weighted by Crippen LogP contribution is -2.24. The minimum absolute atomic E-state index is 0.179. The first-order chi connectivity index (χ1) is 7.60. The number of hydrogen-bond donors (Lipinski definition) is 1. The first kappa shape index (κ1) is 13.7. The molecular weight excluding hydrogens is 269 g/mol. The molecule has 0 bridgehead atoms. The molecule has 16 heavy (non-hydrogen) atoms. The van der Waals surface area contributed by atoms with Crippen molar-refractivity contribution in [2.45, 2.75) is 32.7 Å². The van der Waals surface area contributed by atoms with Gasteiger partial charge < -0.3 is 5.32 Å². The number of halogens is 2. The normalized spacial score (nSPS) is 14.8. The molecule has 3 heteroatoms. The number of nitrogens with one attached hydrogen (secondary N) is 1. The standard InChI is InChI=1S/C13H19BrFN/c1-4-5-9(2)13(16-3)11-8-10(15)6-7-12(11)14/h6-9,13,16H,4-5H2,1-3H3. The van der Waals surface area contributed by atoms with E-state index in [1.165, 1.54) is 6.07 Å². The molecule has 0 aliphatic heterocycles. The largest absolute Gasteiger partial charge is 0.313 e. The van der Waals surface area contributed by atoms with Gasteiger partial charge in [-0.1, -0.05) is 36.2 Å². The van der Waals surface area contributed by atoms with Crippen LogP contribution in [0.1, 0.15) is 38.3 Å². The maximum absolute atomic E-state index is 13.2. The van der Waals surface area contributed by atoms with E-state index in [0.29, 0.717) is 5.92 Å². The molecule has 0 aliphatic carbocycles. The third-order valence-electron chi connectivity index (χ3n) is 2.92. The van der Waals surface area contributed by atoms with E-state index in [-0.39, 0.29) is 11.9 Å². The van der Waals surface area contributed by atoms with Gasteiger partial charge in [-0.25, -0.2) is 4.39 Å². The predicted octanol–water partition coefficient (Wildman–Crippen LogP) is 4.28. The molecule has 0 saturated heterocycles. The van der Waals surface area contributed by atoms with Gasteiger partial charge in [0.25, 0.3) is 0 Å². The van der Waals surface area contributed by atoms with Gasteiger partial charge in [-0.2, -0.15) is 0 Å². The van der Waals surface area contributed by atoms with Crippen molar-refractivity contribution < 1.29 is 4.39 Å². The molecule has 1 aromatic rings. The first-order valence-corrected chi connectivity index (χ1v) is 6.51. The Balaban J connectivity index is 2.98. The van der Waals surface area contributed by atoms with E-state index in [2.05, 4.69) is 35.1 Å². The number of hydrogen-bond acceptors (Lipinski definition) is 1. The molecule has 1 aromatic carbocycles. The third-order valence-corrected chi connectivity index (χ3v) is 3.64. The molecule has 0 amide bonds. The lowest BCUT2D eigenvalue weighted by atomic mass is 9.91. The van der Waals surface area contributed by atoms with E-state index < -0.39 is 0 Å². The lowest BCUT2D eigenvalue weighted by molar-refractivity contribution is 0.381. The van der Waals surface area contributed by atoms with Gasteiger partial charge in [0.1, 0.15) is 5.82 Å². The van der Waals surface area contributed by atoms with Gasteiger partial charge in [-0.15, -0.1) is 0 Å². The Morgan fingerprint density at radius 2 is 2.12 bits per heavy atom. The third kappa shape index (κ3) is 3.29. The maximum atomic E-state index is 13.2. The molecule has 0 aliphatic rings. The minimum atomic E-state index is -0.179. The molecule has 0 fully saturated rings. The maximum Gasteiger partial charge on any atom is 0.123 e. The minimum Gasteiger partial charge on any atom is -0.313 e. The van der Waals surface area contributed by atoms with Crippen LogP contribution < -0.4 is 5.32 Å². The van der Waals surface area contributed by atoms with Gasteiger partial charge in [-0.3, -0.25) is 0 Å². The second-order valence-electron chi connectivity index (χ2n) is 4.20. The molecule has 0 saturated carbocycles. The highest BCUT2D eigenvalue weighted by atomic mass is 79.9. The Morgan fingerprint density at radius 1 is 1.44 bits per heavy atom. The fourth-order valence-corrected chi connectivity index (χ4v) is 2.61. The Hall–Kier alpha value is -0.410. The summed E-state index contributed by atoms with van der Waals surface area (Å²) >= 11 is 3.48. The lowest BCUT2D eigenvalue weighted by Gasteiger charge is -2.24. The predicted molar refractivity (Wildman–Crippen MR) is 70.0 cm³/mol. The molecule has 0 aromatic heterocycles. The van der Waals surface area contributed by atoms with Crippen molar-refractivity contribution in [2.75, 3.05) is 7.05 Å². The van der Waals surface area contributed by atoms with Crippen LogP contribution in [0.3, 0.4) is 0 Å². The van der Waals surface area contributed by atoms with Gasteiger partial charge in [0.05, 0.1) is 0 Å².